The average Bonchev–Trinajstić information content (AvgIpc) is 2.72. The Hall–Kier alpha value is -0.390. The number of nitrogens with zero attached hydrogens (tertiary/aromatic N) is 3. The zero-order chi connectivity index (χ0) is 15.4. The molecule has 1 heterocycles. The van der Waals surface area contributed by atoms with Gasteiger partial charge in [0.15, 0.2) is 0 Å². The summed E-state index contributed by atoms with van der Waals surface area (Å²) in [4.78, 5) is 2.21. The summed E-state index contributed by atoms with van der Waals surface area (Å²) in [7, 11) is 4.22. The Morgan fingerprint density at radius 3 is 2.76 bits per heavy atom. The van der Waals surface area contributed by atoms with Crippen LogP contribution in [0.3, 0.4) is 0 Å². The maximum atomic E-state index is 4.56. The third-order valence-electron chi connectivity index (χ3n) is 4.32. The highest BCUT2D eigenvalue weighted by molar-refractivity contribution is 9.10. The van der Waals surface area contributed by atoms with Gasteiger partial charge in [-0.05, 0) is 67.8 Å². The van der Waals surface area contributed by atoms with E-state index in [4.69, 9.17) is 0 Å². The summed E-state index contributed by atoms with van der Waals surface area (Å²) in [5.41, 5.74) is 1.40. The fraction of sp³-hybridized carbons (Fsp3) is 0.812. The van der Waals surface area contributed by atoms with Gasteiger partial charge in [-0.2, -0.15) is 5.10 Å². The minimum absolute atomic E-state index is 0.656. The topological polar surface area (TPSA) is 33.1 Å². The van der Waals surface area contributed by atoms with Gasteiger partial charge in [0.25, 0.3) is 0 Å². The normalized spacial score (nSPS) is 22.0. The van der Waals surface area contributed by atoms with E-state index < -0.39 is 0 Å². The standard InChI is InChI=1S/C16H29BrN4/c1-12(2)9-18-10-13-5-6-14(13)16-15(17)11-19-21(16)8-7-20(3)4/h11-14,18H,5-10H2,1-4H3. The highest BCUT2D eigenvalue weighted by Crippen LogP contribution is 2.44. The van der Waals surface area contributed by atoms with Gasteiger partial charge in [0.2, 0.25) is 0 Å². The van der Waals surface area contributed by atoms with Crippen LogP contribution in [0.5, 0.6) is 0 Å². The van der Waals surface area contributed by atoms with Crippen LogP contribution in [0.15, 0.2) is 10.7 Å². The Bertz CT molecular complexity index is 441. The average molecular weight is 357 g/mol. The predicted octanol–water partition coefficient (Wildman–Crippen LogP) is 2.95. The number of hydrogen-bond donors (Lipinski definition) is 1. The molecule has 0 aliphatic heterocycles. The molecule has 2 rings (SSSR count). The Labute approximate surface area is 137 Å². The molecule has 120 valence electrons. The molecule has 2 atom stereocenters. The van der Waals surface area contributed by atoms with Gasteiger partial charge in [-0.3, -0.25) is 4.68 Å². The van der Waals surface area contributed by atoms with Crippen LogP contribution in [0.4, 0.5) is 0 Å². The van der Waals surface area contributed by atoms with E-state index in [-0.39, 0.29) is 0 Å². The fourth-order valence-corrected chi connectivity index (χ4v) is 3.53. The second-order valence-corrected chi connectivity index (χ2v) is 7.75. The largest absolute Gasteiger partial charge is 0.316 e. The monoisotopic (exact) mass is 356 g/mol. The van der Waals surface area contributed by atoms with Gasteiger partial charge in [0, 0.05) is 12.5 Å². The first-order valence-electron chi connectivity index (χ1n) is 8.05. The summed E-state index contributed by atoms with van der Waals surface area (Å²) in [6, 6.07) is 0. The summed E-state index contributed by atoms with van der Waals surface area (Å²) in [6.45, 7) is 8.77. The van der Waals surface area contributed by atoms with E-state index >= 15 is 0 Å². The minimum atomic E-state index is 0.656. The van der Waals surface area contributed by atoms with Gasteiger partial charge in [-0.15, -0.1) is 0 Å². The molecule has 0 saturated heterocycles. The van der Waals surface area contributed by atoms with Crippen molar-refractivity contribution in [2.24, 2.45) is 11.8 Å². The van der Waals surface area contributed by atoms with Crippen LogP contribution in [-0.4, -0.2) is 48.4 Å². The van der Waals surface area contributed by atoms with Crippen LogP contribution in [0.25, 0.3) is 0 Å². The Morgan fingerprint density at radius 2 is 2.19 bits per heavy atom. The Balaban J connectivity index is 1.95. The van der Waals surface area contributed by atoms with Gasteiger partial charge < -0.3 is 10.2 Å². The minimum Gasteiger partial charge on any atom is -0.316 e. The van der Waals surface area contributed by atoms with Crippen LogP contribution < -0.4 is 5.32 Å². The van der Waals surface area contributed by atoms with Gasteiger partial charge in [0.05, 0.1) is 22.9 Å². The van der Waals surface area contributed by atoms with Crippen molar-refractivity contribution in [1.82, 2.24) is 20.0 Å². The Morgan fingerprint density at radius 1 is 1.43 bits per heavy atom. The van der Waals surface area contributed by atoms with Crippen LogP contribution in [0.2, 0.25) is 0 Å². The van der Waals surface area contributed by atoms with Crippen molar-refractivity contribution in [3.05, 3.63) is 16.4 Å². The molecule has 1 aliphatic rings. The van der Waals surface area contributed by atoms with E-state index in [0.29, 0.717) is 5.92 Å². The number of aromatic nitrogens is 2. The van der Waals surface area contributed by atoms with Crippen LogP contribution in [0, 0.1) is 11.8 Å². The van der Waals surface area contributed by atoms with E-state index in [9.17, 15) is 0 Å². The molecule has 1 N–H and O–H groups in total. The third kappa shape index (κ3) is 4.54. The molecule has 0 radical (unpaired) electrons. The molecule has 1 saturated carbocycles. The summed E-state index contributed by atoms with van der Waals surface area (Å²) >= 11 is 3.70. The lowest BCUT2D eigenvalue weighted by Gasteiger charge is -2.37. The van der Waals surface area contributed by atoms with Crippen molar-refractivity contribution >= 4 is 15.9 Å². The van der Waals surface area contributed by atoms with E-state index in [1.807, 2.05) is 6.20 Å². The van der Waals surface area contributed by atoms with E-state index in [0.717, 1.165) is 38.0 Å². The molecule has 0 aromatic carbocycles. The SMILES string of the molecule is CC(C)CNCC1CCC1c1c(Br)cnn1CCN(C)C. The number of likely N-dealkylation sites (N-methyl/N-ethyl adjacent to an activating group) is 1. The van der Waals surface area contributed by atoms with Crippen molar-refractivity contribution < 1.29 is 0 Å². The molecular weight excluding hydrogens is 328 g/mol. The lowest BCUT2D eigenvalue weighted by molar-refractivity contribution is 0.228. The molecular formula is C16H29BrN4. The molecule has 4 nitrogen and oxygen atoms in total. The smallest absolute Gasteiger partial charge is 0.0635 e. The van der Waals surface area contributed by atoms with Crippen molar-refractivity contribution in [2.75, 3.05) is 33.7 Å². The zero-order valence-corrected chi connectivity index (χ0v) is 15.4. The van der Waals surface area contributed by atoms with E-state index in [2.05, 4.69) is 63.9 Å². The van der Waals surface area contributed by atoms with Crippen LogP contribution in [-0.2, 0) is 6.54 Å². The van der Waals surface area contributed by atoms with Crippen molar-refractivity contribution in [2.45, 2.75) is 39.2 Å². The van der Waals surface area contributed by atoms with E-state index in [1.54, 1.807) is 0 Å². The van der Waals surface area contributed by atoms with Crippen LogP contribution in [0.1, 0.15) is 38.3 Å². The van der Waals surface area contributed by atoms with Crippen molar-refractivity contribution in [3.8, 4) is 0 Å². The molecule has 21 heavy (non-hydrogen) atoms. The highest BCUT2D eigenvalue weighted by atomic mass is 79.9. The summed E-state index contributed by atoms with van der Waals surface area (Å²) in [5.74, 6) is 2.14. The second-order valence-electron chi connectivity index (χ2n) is 6.90. The van der Waals surface area contributed by atoms with Crippen molar-refractivity contribution in [3.63, 3.8) is 0 Å². The highest BCUT2D eigenvalue weighted by Gasteiger charge is 2.35. The van der Waals surface area contributed by atoms with Crippen molar-refractivity contribution in [1.29, 1.82) is 0 Å². The number of hydrogen-bond acceptors (Lipinski definition) is 3. The number of nitrogens with one attached hydrogen (secondary N) is 1. The zero-order valence-electron chi connectivity index (χ0n) is 13.8. The van der Waals surface area contributed by atoms with Gasteiger partial charge >= 0.3 is 0 Å². The molecule has 0 spiro atoms. The first kappa shape index (κ1) is 17.0. The Kier molecular flexibility index (Phi) is 6.26. The fourth-order valence-electron chi connectivity index (χ4n) is 2.94. The summed E-state index contributed by atoms with van der Waals surface area (Å²) in [6.07, 6.45) is 4.59. The quantitative estimate of drug-likeness (QED) is 0.777. The molecule has 0 amide bonds. The van der Waals surface area contributed by atoms with Gasteiger partial charge in [-0.1, -0.05) is 13.8 Å². The molecule has 1 aromatic rings. The second kappa shape index (κ2) is 7.75. The first-order chi connectivity index (χ1) is 9.99. The molecule has 1 aromatic heterocycles. The lowest BCUT2D eigenvalue weighted by Crippen LogP contribution is -2.36. The van der Waals surface area contributed by atoms with Gasteiger partial charge in [-0.25, -0.2) is 0 Å². The molecule has 1 aliphatic carbocycles. The van der Waals surface area contributed by atoms with Gasteiger partial charge in [0.1, 0.15) is 0 Å². The molecule has 0 bridgehead atoms. The molecule has 5 heteroatoms. The number of rotatable bonds is 8. The summed E-state index contributed by atoms with van der Waals surface area (Å²) < 4.78 is 3.38. The molecule has 2 unspecified atom stereocenters. The predicted molar refractivity (Wildman–Crippen MR) is 91.7 cm³/mol. The molecule has 1 fully saturated rings. The number of halogens is 1. The lowest BCUT2D eigenvalue weighted by atomic mass is 9.71. The maximum Gasteiger partial charge on any atom is 0.0635 e. The third-order valence-corrected chi connectivity index (χ3v) is 4.93. The van der Waals surface area contributed by atoms with Crippen LogP contribution >= 0.6 is 15.9 Å². The first-order valence-corrected chi connectivity index (χ1v) is 8.85. The summed E-state index contributed by atoms with van der Waals surface area (Å²) in [5, 5.41) is 8.17. The maximum absolute atomic E-state index is 4.56. The van der Waals surface area contributed by atoms with E-state index in [1.165, 1.54) is 23.0 Å².